The Bertz CT molecular complexity index is 298. The molecule has 64 valence electrons. The second-order valence-corrected chi connectivity index (χ2v) is 2.54. The van der Waals surface area contributed by atoms with Crippen LogP contribution in [-0.2, 0) is 6.54 Å². The monoisotopic (exact) mass is 165 g/mol. The Morgan fingerprint density at radius 2 is 2.42 bits per heavy atom. The summed E-state index contributed by atoms with van der Waals surface area (Å²) in [6.45, 7) is 0.795. The third kappa shape index (κ3) is 1.77. The first-order chi connectivity index (χ1) is 5.77. The molecule has 1 aromatic heterocycles. The SMILES string of the molecule is N#Cc1cc(N)n(CCCO)c1. The number of aliphatic hydroxyl groups is 1. The van der Waals surface area contributed by atoms with Crippen LogP contribution in [0.2, 0.25) is 0 Å². The maximum absolute atomic E-state index is 8.56. The lowest BCUT2D eigenvalue weighted by molar-refractivity contribution is 0.280. The topological polar surface area (TPSA) is 75.0 Å². The Balaban J connectivity index is 2.72. The highest BCUT2D eigenvalue weighted by Gasteiger charge is 2.00. The zero-order chi connectivity index (χ0) is 8.97. The number of nitrogens with two attached hydrogens (primary N) is 1. The van der Waals surface area contributed by atoms with Crippen molar-refractivity contribution < 1.29 is 5.11 Å². The first-order valence-electron chi connectivity index (χ1n) is 3.74. The van der Waals surface area contributed by atoms with Crippen LogP contribution in [0.5, 0.6) is 0 Å². The van der Waals surface area contributed by atoms with E-state index in [0.717, 1.165) is 0 Å². The minimum absolute atomic E-state index is 0.138. The van der Waals surface area contributed by atoms with Gasteiger partial charge in [-0.3, -0.25) is 0 Å². The van der Waals surface area contributed by atoms with E-state index in [-0.39, 0.29) is 6.61 Å². The van der Waals surface area contributed by atoms with Crippen molar-refractivity contribution in [2.75, 3.05) is 12.3 Å². The molecule has 0 aliphatic carbocycles. The number of aromatic nitrogens is 1. The van der Waals surface area contributed by atoms with Crippen LogP contribution in [0.3, 0.4) is 0 Å². The van der Waals surface area contributed by atoms with Gasteiger partial charge in [0.2, 0.25) is 0 Å². The molecule has 0 aromatic carbocycles. The first-order valence-corrected chi connectivity index (χ1v) is 3.74. The minimum Gasteiger partial charge on any atom is -0.396 e. The first kappa shape index (κ1) is 8.62. The van der Waals surface area contributed by atoms with Gasteiger partial charge in [0.05, 0.1) is 5.56 Å². The lowest BCUT2D eigenvalue weighted by Crippen LogP contribution is -2.02. The molecule has 0 aliphatic rings. The molecule has 0 unspecified atom stereocenters. The number of hydrogen-bond donors (Lipinski definition) is 2. The van der Waals surface area contributed by atoms with Crippen molar-refractivity contribution in [1.82, 2.24) is 4.57 Å². The largest absolute Gasteiger partial charge is 0.396 e. The van der Waals surface area contributed by atoms with E-state index in [1.807, 2.05) is 6.07 Å². The molecule has 4 heteroatoms. The Morgan fingerprint density at radius 1 is 1.67 bits per heavy atom. The number of aryl methyl sites for hydroxylation is 1. The molecule has 0 aliphatic heterocycles. The Hall–Kier alpha value is -1.47. The fourth-order valence-electron chi connectivity index (χ4n) is 1.02. The van der Waals surface area contributed by atoms with Gasteiger partial charge in [0, 0.05) is 19.3 Å². The van der Waals surface area contributed by atoms with Gasteiger partial charge in [-0.15, -0.1) is 0 Å². The predicted octanol–water partition coefficient (Wildman–Crippen LogP) is 0.324. The summed E-state index contributed by atoms with van der Waals surface area (Å²) in [4.78, 5) is 0. The molecule has 1 aromatic rings. The molecular weight excluding hydrogens is 154 g/mol. The van der Waals surface area contributed by atoms with E-state index >= 15 is 0 Å². The fraction of sp³-hybridized carbons (Fsp3) is 0.375. The van der Waals surface area contributed by atoms with Crippen molar-refractivity contribution in [2.24, 2.45) is 0 Å². The summed E-state index contributed by atoms with van der Waals surface area (Å²) < 4.78 is 1.76. The molecule has 12 heavy (non-hydrogen) atoms. The summed E-state index contributed by atoms with van der Waals surface area (Å²) in [6, 6.07) is 3.62. The standard InChI is InChI=1S/C8H11N3O/c9-5-7-4-8(10)11(6-7)2-1-3-12/h4,6,12H,1-3,10H2. The van der Waals surface area contributed by atoms with Crippen molar-refractivity contribution in [2.45, 2.75) is 13.0 Å². The highest BCUT2D eigenvalue weighted by molar-refractivity contribution is 5.41. The minimum atomic E-state index is 0.138. The number of nitrogen functional groups attached to an aromatic ring is 1. The molecule has 3 N–H and O–H groups in total. The smallest absolute Gasteiger partial charge is 0.104 e. The molecule has 0 radical (unpaired) electrons. The van der Waals surface area contributed by atoms with E-state index < -0.39 is 0 Å². The van der Waals surface area contributed by atoms with Gasteiger partial charge in [-0.25, -0.2) is 0 Å². The summed E-state index contributed by atoms with van der Waals surface area (Å²) in [7, 11) is 0. The summed E-state index contributed by atoms with van der Waals surface area (Å²) in [5.41, 5.74) is 6.15. The number of rotatable bonds is 3. The van der Waals surface area contributed by atoms with E-state index in [2.05, 4.69) is 0 Å². The van der Waals surface area contributed by atoms with Gasteiger partial charge in [0.15, 0.2) is 0 Å². The number of nitriles is 1. The van der Waals surface area contributed by atoms with Crippen molar-refractivity contribution in [3.63, 3.8) is 0 Å². The molecule has 0 spiro atoms. The summed E-state index contributed by atoms with van der Waals surface area (Å²) in [5, 5.41) is 17.1. The zero-order valence-corrected chi connectivity index (χ0v) is 6.70. The number of hydrogen-bond acceptors (Lipinski definition) is 3. The second-order valence-electron chi connectivity index (χ2n) is 2.54. The number of anilines is 1. The van der Waals surface area contributed by atoms with Crippen LogP contribution in [-0.4, -0.2) is 16.3 Å². The van der Waals surface area contributed by atoms with Crippen molar-refractivity contribution in [3.8, 4) is 6.07 Å². The predicted molar refractivity (Wildman–Crippen MR) is 45.3 cm³/mol. The third-order valence-electron chi connectivity index (χ3n) is 1.62. The van der Waals surface area contributed by atoms with Gasteiger partial charge < -0.3 is 15.4 Å². The van der Waals surface area contributed by atoms with Crippen molar-refractivity contribution in [3.05, 3.63) is 17.8 Å². The van der Waals surface area contributed by atoms with Crippen LogP contribution in [0, 0.1) is 11.3 Å². The molecule has 0 fully saturated rings. The van der Waals surface area contributed by atoms with Crippen molar-refractivity contribution >= 4 is 5.82 Å². The average molecular weight is 165 g/mol. The van der Waals surface area contributed by atoms with Crippen molar-refractivity contribution in [1.29, 1.82) is 5.26 Å². The molecule has 1 rings (SSSR count). The summed E-state index contributed by atoms with van der Waals surface area (Å²) in [6.07, 6.45) is 2.34. The Kier molecular flexibility index (Phi) is 2.72. The van der Waals surface area contributed by atoms with E-state index in [0.29, 0.717) is 24.3 Å². The highest BCUT2D eigenvalue weighted by Crippen LogP contribution is 2.09. The van der Waals surface area contributed by atoms with Gasteiger partial charge in [0.1, 0.15) is 11.9 Å². The third-order valence-corrected chi connectivity index (χ3v) is 1.62. The Labute approximate surface area is 70.8 Å². The van der Waals surface area contributed by atoms with E-state index in [1.54, 1.807) is 16.8 Å². The quantitative estimate of drug-likeness (QED) is 0.677. The van der Waals surface area contributed by atoms with E-state index in [4.69, 9.17) is 16.1 Å². The average Bonchev–Trinajstić information content (AvgIpc) is 2.43. The summed E-state index contributed by atoms with van der Waals surface area (Å²) in [5.74, 6) is 0.569. The summed E-state index contributed by atoms with van der Waals surface area (Å²) >= 11 is 0. The highest BCUT2D eigenvalue weighted by atomic mass is 16.3. The van der Waals surface area contributed by atoms with E-state index in [1.165, 1.54) is 0 Å². The zero-order valence-electron chi connectivity index (χ0n) is 6.70. The van der Waals surface area contributed by atoms with Gasteiger partial charge in [0.25, 0.3) is 0 Å². The molecule has 0 bridgehead atoms. The molecule has 0 saturated heterocycles. The van der Waals surface area contributed by atoms with Gasteiger partial charge >= 0.3 is 0 Å². The second kappa shape index (κ2) is 3.79. The normalized spacial score (nSPS) is 9.67. The van der Waals surface area contributed by atoms with Gasteiger partial charge in [-0.2, -0.15) is 5.26 Å². The molecule has 1 heterocycles. The molecule has 4 nitrogen and oxygen atoms in total. The molecular formula is C8H11N3O. The van der Waals surface area contributed by atoms with Crippen LogP contribution in [0.15, 0.2) is 12.3 Å². The number of nitrogens with zero attached hydrogens (tertiary/aromatic N) is 2. The Morgan fingerprint density at radius 3 is 2.92 bits per heavy atom. The molecule has 0 amide bonds. The van der Waals surface area contributed by atoms with Crippen LogP contribution in [0.4, 0.5) is 5.82 Å². The maximum atomic E-state index is 8.56. The number of aliphatic hydroxyl groups excluding tert-OH is 1. The molecule has 0 saturated carbocycles. The molecule has 0 atom stereocenters. The lowest BCUT2D eigenvalue weighted by Gasteiger charge is -2.02. The van der Waals surface area contributed by atoms with Crippen LogP contribution in [0.1, 0.15) is 12.0 Å². The van der Waals surface area contributed by atoms with Gasteiger partial charge in [-0.1, -0.05) is 0 Å². The fourth-order valence-corrected chi connectivity index (χ4v) is 1.02. The van der Waals surface area contributed by atoms with Crippen LogP contribution in [0.25, 0.3) is 0 Å². The lowest BCUT2D eigenvalue weighted by atomic mass is 10.4. The van der Waals surface area contributed by atoms with Crippen LogP contribution < -0.4 is 5.73 Å². The van der Waals surface area contributed by atoms with Crippen LogP contribution >= 0.6 is 0 Å². The van der Waals surface area contributed by atoms with Gasteiger partial charge in [-0.05, 0) is 12.5 Å². The maximum Gasteiger partial charge on any atom is 0.104 e. The van der Waals surface area contributed by atoms with E-state index in [9.17, 15) is 0 Å².